The summed E-state index contributed by atoms with van der Waals surface area (Å²) in [5, 5.41) is 3.34. The van der Waals surface area contributed by atoms with E-state index in [-0.39, 0.29) is 12.5 Å². The Kier molecular flexibility index (Phi) is 7.05. The summed E-state index contributed by atoms with van der Waals surface area (Å²) in [4.78, 5) is 23.2. The Labute approximate surface area is 146 Å². The van der Waals surface area contributed by atoms with Gasteiger partial charge in [-0.3, -0.25) is 4.79 Å². The van der Waals surface area contributed by atoms with E-state index in [1.165, 1.54) is 6.08 Å². The van der Waals surface area contributed by atoms with E-state index < -0.39 is 5.97 Å². The first-order chi connectivity index (χ1) is 11.6. The quantitative estimate of drug-likeness (QED) is 0.620. The van der Waals surface area contributed by atoms with E-state index in [1.54, 1.807) is 30.3 Å². The minimum absolute atomic E-state index is 0.293. The summed E-state index contributed by atoms with van der Waals surface area (Å²) in [5.74, 6) is -0.887. The van der Waals surface area contributed by atoms with Gasteiger partial charge in [0.25, 0.3) is 5.91 Å². The summed E-state index contributed by atoms with van der Waals surface area (Å²) in [6.07, 6.45) is 3.61. The average molecular weight is 344 g/mol. The summed E-state index contributed by atoms with van der Waals surface area (Å²) in [7, 11) is 0. The number of carbonyl (C=O) groups is 2. The number of benzene rings is 2. The Morgan fingerprint density at radius 2 is 1.75 bits per heavy atom. The molecule has 0 fully saturated rings. The molecule has 0 aliphatic heterocycles. The fraction of sp³-hybridized carbons (Fsp3) is 0.158. The predicted molar refractivity (Wildman–Crippen MR) is 94.6 cm³/mol. The minimum Gasteiger partial charge on any atom is -0.452 e. The lowest BCUT2D eigenvalue weighted by atomic mass is 10.1. The molecule has 0 spiro atoms. The second-order valence-corrected chi connectivity index (χ2v) is 5.51. The van der Waals surface area contributed by atoms with E-state index in [9.17, 15) is 9.59 Å². The molecule has 0 unspecified atom stereocenters. The number of ether oxygens (including phenoxy) is 1. The first-order valence-electron chi connectivity index (χ1n) is 7.54. The van der Waals surface area contributed by atoms with Crippen LogP contribution in [0, 0.1) is 0 Å². The molecule has 4 nitrogen and oxygen atoms in total. The molecule has 2 aromatic rings. The van der Waals surface area contributed by atoms with Crippen molar-refractivity contribution >= 4 is 29.6 Å². The van der Waals surface area contributed by atoms with Crippen molar-refractivity contribution in [2.75, 3.05) is 13.2 Å². The van der Waals surface area contributed by atoms with Gasteiger partial charge in [-0.2, -0.15) is 0 Å². The third-order valence-electron chi connectivity index (χ3n) is 3.21. The molecule has 24 heavy (non-hydrogen) atoms. The van der Waals surface area contributed by atoms with Crippen molar-refractivity contribution < 1.29 is 14.3 Å². The van der Waals surface area contributed by atoms with E-state index in [0.29, 0.717) is 11.6 Å². The van der Waals surface area contributed by atoms with E-state index in [0.717, 1.165) is 17.5 Å². The van der Waals surface area contributed by atoms with Crippen LogP contribution >= 0.6 is 11.6 Å². The SMILES string of the molecule is O=C(COC(=O)C=Cc1ccc(Cl)cc1)NCCc1ccccc1. The number of amides is 1. The van der Waals surface area contributed by atoms with Gasteiger partial charge in [-0.15, -0.1) is 0 Å². The van der Waals surface area contributed by atoms with Crippen molar-refractivity contribution in [2.24, 2.45) is 0 Å². The zero-order chi connectivity index (χ0) is 17.2. The molecular weight excluding hydrogens is 326 g/mol. The molecular formula is C19H18ClNO3. The largest absolute Gasteiger partial charge is 0.452 e. The smallest absolute Gasteiger partial charge is 0.331 e. The Morgan fingerprint density at radius 1 is 1.04 bits per heavy atom. The molecule has 0 atom stereocenters. The van der Waals surface area contributed by atoms with Gasteiger partial charge in [0, 0.05) is 17.6 Å². The Balaban J connectivity index is 1.65. The highest BCUT2D eigenvalue weighted by molar-refractivity contribution is 6.30. The molecule has 0 aliphatic rings. The molecule has 1 amide bonds. The Bertz CT molecular complexity index is 696. The average Bonchev–Trinajstić information content (AvgIpc) is 2.60. The lowest BCUT2D eigenvalue weighted by molar-refractivity contribution is -0.143. The van der Waals surface area contributed by atoms with Crippen molar-refractivity contribution in [3.8, 4) is 0 Å². The number of esters is 1. The molecule has 0 saturated carbocycles. The van der Waals surface area contributed by atoms with Crippen LogP contribution < -0.4 is 5.32 Å². The number of hydrogen-bond acceptors (Lipinski definition) is 3. The third-order valence-corrected chi connectivity index (χ3v) is 3.46. The summed E-state index contributed by atoms with van der Waals surface area (Å²) in [6, 6.07) is 16.8. The third kappa shape index (κ3) is 6.67. The van der Waals surface area contributed by atoms with Gasteiger partial charge < -0.3 is 10.1 Å². The fourth-order valence-electron chi connectivity index (χ4n) is 1.96. The molecule has 0 aliphatic carbocycles. The van der Waals surface area contributed by atoms with Crippen LogP contribution in [0.5, 0.6) is 0 Å². The van der Waals surface area contributed by atoms with Crippen LogP contribution in [0.25, 0.3) is 6.08 Å². The van der Waals surface area contributed by atoms with E-state index in [1.807, 2.05) is 30.3 Å². The standard InChI is InChI=1S/C19H18ClNO3/c20-17-9-6-16(7-10-17)8-11-19(23)24-14-18(22)21-13-12-15-4-2-1-3-5-15/h1-11H,12-14H2,(H,21,22). The van der Waals surface area contributed by atoms with E-state index in [4.69, 9.17) is 16.3 Å². The predicted octanol–water partition coefficient (Wildman–Crippen LogP) is 3.26. The van der Waals surface area contributed by atoms with Gasteiger partial charge in [0.1, 0.15) is 0 Å². The molecule has 0 aromatic heterocycles. The van der Waals surface area contributed by atoms with Crippen LogP contribution in [0.1, 0.15) is 11.1 Å². The second kappa shape index (κ2) is 9.53. The first kappa shape index (κ1) is 17.8. The topological polar surface area (TPSA) is 55.4 Å². The first-order valence-corrected chi connectivity index (χ1v) is 7.92. The van der Waals surface area contributed by atoms with Gasteiger partial charge in [-0.1, -0.05) is 54.1 Å². The zero-order valence-corrected chi connectivity index (χ0v) is 13.8. The Hall–Kier alpha value is -2.59. The molecule has 0 saturated heterocycles. The minimum atomic E-state index is -0.567. The molecule has 124 valence electrons. The number of halogens is 1. The van der Waals surface area contributed by atoms with Crippen LogP contribution in [0.4, 0.5) is 0 Å². The van der Waals surface area contributed by atoms with Crippen molar-refractivity contribution in [2.45, 2.75) is 6.42 Å². The lowest BCUT2D eigenvalue weighted by Crippen LogP contribution is -2.30. The van der Waals surface area contributed by atoms with Crippen molar-refractivity contribution in [1.29, 1.82) is 0 Å². The fourth-order valence-corrected chi connectivity index (χ4v) is 2.09. The summed E-state index contributed by atoms with van der Waals surface area (Å²) >= 11 is 5.78. The number of hydrogen-bond donors (Lipinski definition) is 1. The maximum atomic E-state index is 11.6. The van der Waals surface area contributed by atoms with E-state index in [2.05, 4.69) is 5.32 Å². The molecule has 5 heteroatoms. The highest BCUT2D eigenvalue weighted by atomic mass is 35.5. The molecule has 2 rings (SSSR count). The number of rotatable bonds is 7. The number of carbonyl (C=O) groups excluding carboxylic acids is 2. The number of nitrogens with one attached hydrogen (secondary N) is 1. The summed E-state index contributed by atoms with van der Waals surface area (Å²) in [6.45, 7) is 0.208. The van der Waals surface area contributed by atoms with Crippen LogP contribution in [0.15, 0.2) is 60.7 Å². The van der Waals surface area contributed by atoms with Crippen LogP contribution in [0.3, 0.4) is 0 Å². The normalized spacial score (nSPS) is 10.5. The summed E-state index contributed by atoms with van der Waals surface area (Å²) in [5.41, 5.74) is 1.96. The van der Waals surface area contributed by atoms with Gasteiger partial charge in [-0.25, -0.2) is 4.79 Å². The van der Waals surface area contributed by atoms with Crippen LogP contribution in [-0.2, 0) is 20.7 Å². The van der Waals surface area contributed by atoms with E-state index >= 15 is 0 Å². The Morgan fingerprint density at radius 3 is 2.46 bits per heavy atom. The molecule has 0 heterocycles. The molecule has 1 N–H and O–H groups in total. The van der Waals surface area contributed by atoms with Crippen molar-refractivity contribution in [3.05, 3.63) is 76.8 Å². The monoisotopic (exact) mass is 343 g/mol. The highest BCUT2D eigenvalue weighted by Gasteiger charge is 2.04. The van der Waals surface area contributed by atoms with Crippen molar-refractivity contribution in [1.82, 2.24) is 5.32 Å². The summed E-state index contributed by atoms with van der Waals surface area (Å²) < 4.78 is 4.89. The van der Waals surface area contributed by atoms with Gasteiger partial charge in [0.05, 0.1) is 0 Å². The highest BCUT2D eigenvalue weighted by Crippen LogP contribution is 2.10. The maximum Gasteiger partial charge on any atom is 0.331 e. The molecule has 0 radical (unpaired) electrons. The van der Waals surface area contributed by atoms with Crippen LogP contribution in [-0.4, -0.2) is 25.0 Å². The van der Waals surface area contributed by atoms with Gasteiger partial charge in [0.2, 0.25) is 0 Å². The van der Waals surface area contributed by atoms with Crippen LogP contribution in [0.2, 0.25) is 5.02 Å². The van der Waals surface area contributed by atoms with Gasteiger partial charge in [-0.05, 0) is 35.8 Å². The van der Waals surface area contributed by atoms with Gasteiger partial charge >= 0.3 is 5.97 Å². The zero-order valence-electron chi connectivity index (χ0n) is 13.1. The maximum absolute atomic E-state index is 11.6. The van der Waals surface area contributed by atoms with Crippen molar-refractivity contribution in [3.63, 3.8) is 0 Å². The second-order valence-electron chi connectivity index (χ2n) is 5.08. The molecule has 2 aromatic carbocycles. The molecule has 0 bridgehead atoms. The van der Waals surface area contributed by atoms with Gasteiger partial charge in [0.15, 0.2) is 6.61 Å². The lowest BCUT2D eigenvalue weighted by Gasteiger charge is -2.05.